The molecule has 1 atom stereocenters. The Morgan fingerprint density at radius 2 is 1.73 bits per heavy atom. The number of carbonyl (C=O) groups is 1. The average Bonchev–Trinajstić information content (AvgIpc) is 2.56. The first-order chi connectivity index (χ1) is 10.7. The van der Waals surface area contributed by atoms with Crippen molar-refractivity contribution in [1.82, 2.24) is 0 Å². The van der Waals surface area contributed by atoms with Crippen molar-refractivity contribution in [1.29, 1.82) is 0 Å². The first-order valence-electron chi connectivity index (χ1n) is 7.69. The third kappa shape index (κ3) is 4.62. The largest absolute Gasteiger partial charge is 0.486 e. The van der Waals surface area contributed by atoms with E-state index in [1.54, 1.807) is 24.3 Å². The number of hydrogen-bond acceptors (Lipinski definition) is 3. The maximum atomic E-state index is 11.8. The van der Waals surface area contributed by atoms with Crippen LogP contribution in [0, 0.1) is 0 Å². The number of esters is 1. The molecule has 116 valence electrons. The lowest BCUT2D eigenvalue weighted by atomic mass is 10.1. The molecule has 0 aliphatic rings. The molecule has 0 aliphatic heterocycles. The van der Waals surface area contributed by atoms with E-state index >= 15 is 0 Å². The fraction of sp³-hybridized carbons (Fsp3) is 0.316. The highest BCUT2D eigenvalue weighted by Crippen LogP contribution is 2.22. The van der Waals surface area contributed by atoms with Gasteiger partial charge in [-0.1, -0.05) is 43.7 Å². The number of benzene rings is 2. The van der Waals surface area contributed by atoms with Crippen molar-refractivity contribution in [3.63, 3.8) is 0 Å². The second kappa shape index (κ2) is 8.23. The Kier molecular flexibility index (Phi) is 6.01. The van der Waals surface area contributed by atoms with Crippen LogP contribution >= 0.6 is 0 Å². The molecule has 0 bridgehead atoms. The quantitative estimate of drug-likeness (QED) is 0.545. The van der Waals surface area contributed by atoms with Crippen molar-refractivity contribution in [2.24, 2.45) is 0 Å². The molecule has 2 rings (SSSR count). The molecular weight excluding hydrogens is 276 g/mol. The zero-order chi connectivity index (χ0) is 15.8. The topological polar surface area (TPSA) is 35.5 Å². The molecule has 3 heteroatoms. The van der Waals surface area contributed by atoms with E-state index in [0.29, 0.717) is 12.2 Å². The molecule has 0 heterocycles. The minimum Gasteiger partial charge on any atom is -0.486 e. The van der Waals surface area contributed by atoms with Crippen LogP contribution in [0.3, 0.4) is 0 Å². The molecule has 0 aliphatic carbocycles. The second-order valence-electron chi connectivity index (χ2n) is 5.18. The molecule has 3 nitrogen and oxygen atoms in total. The van der Waals surface area contributed by atoms with Gasteiger partial charge in [-0.2, -0.15) is 0 Å². The molecule has 0 unspecified atom stereocenters. The summed E-state index contributed by atoms with van der Waals surface area (Å²) in [5, 5.41) is 0. The summed E-state index contributed by atoms with van der Waals surface area (Å²) in [5.41, 5.74) is 1.67. The van der Waals surface area contributed by atoms with Gasteiger partial charge in [-0.05, 0) is 43.2 Å². The van der Waals surface area contributed by atoms with Crippen molar-refractivity contribution in [2.75, 3.05) is 6.61 Å². The Balaban J connectivity index is 1.93. The molecule has 0 amide bonds. The van der Waals surface area contributed by atoms with E-state index in [2.05, 4.69) is 6.92 Å². The third-order valence-electron chi connectivity index (χ3n) is 3.40. The summed E-state index contributed by atoms with van der Waals surface area (Å²) in [5.74, 6) is 0.456. The van der Waals surface area contributed by atoms with Gasteiger partial charge in [-0.15, -0.1) is 0 Å². The van der Waals surface area contributed by atoms with E-state index < -0.39 is 0 Å². The van der Waals surface area contributed by atoms with Gasteiger partial charge in [0.2, 0.25) is 0 Å². The lowest BCUT2D eigenvalue weighted by Gasteiger charge is -2.15. The molecule has 0 N–H and O–H groups in total. The fourth-order valence-electron chi connectivity index (χ4n) is 2.06. The Morgan fingerprint density at radius 1 is 1.05 bits per heavy atom. The van der Waals surface area contributed by atoms with Gasteiger partial charge in [0.05, 0.1) is 12.2 Å². The maximum absolute atomic E-state index is 11.8. The van der Waals surface area contributed by atoms with E-state index in [1.165, 1.54) is 0 Å². The predicted molar refractivity (Wildman–Crippen MR) is 87.1 cm³/mol. The summed E-state index contributed by atoms with van der Waals surface area (Å²) in [6.45, 7) is 4.54. The molecule has 2 aromatic carbocycles. The lowest BCUT2D eigenvalue weighted by molar-refractivity contribution is 0.0499. The van der Waals surface area contributed by atoms with Crippen LogP contribution in [0.25, 0.3) is 0 Å². The maximum Gasteiger partial charge on any atom is 0.338 e. The first-order valence-corrected chi connectivity index (χ1v) is 7.69. The molecule has 0 aromatic heterocycles. The van der Waals surface area contributed by atoms with E-state index in [0.717, 1.165) is 24.2 Å². The van der Waals surface area contributed by atoms with Gasteiger partial charge in [0, 0.05) is 0 Å². The van der Waals surface area contributed by atoms with Crippen molar-refractivity contribution < 1.29 is 14.3 Å². The number of hydrogen-bond donors (Lipinski definition) is 0. The van der Waals surface area contributed by atoms with Gasteiger partial charge in [-0.25, -0.2) is 4.79 Å². The summed E-state index contributed by atoms with van der Waals surface area (Å²) >= 11 is 0. The van der Waals surface area contributed by atoms with E-state index in [4.69, 9.17) is 9.47 Å². The van der Waals surface area contributed by atoms with E-state index in [-0.39, 0.29) is 12.1 Å². The normalized spacial score (nSPS) is 11.7. The Bertz CT molecular complexity index is 575. The zero-order valence-electron chi connectivity index (χ0n) is 13.1. The van der Waals surface area contributed by atoms with Gasteiger partial charge < -0.3 is 9.47 Å². The summed E-state index contributed by atoms with van der Waals surface area (Å²) in [6, 6.07) is 17.1. The third-order valence-corrected chi connectivity index (χ3v) is 3.40. The van der Waals surface area contributed by atoms with Crippen LogP contribution in [0.1, 0.15) is 48.7 Å². The van der Waals surface area contributed by atoms with E-state index in [1.807, 2.05) is 37.3 Å². The summed E-state index contributed by atoms with van der Waals surface area (Å²) in [7, 11) is 0. The SMILES string of the molecule is CCCCOC(=O)c1ccc(O[C@@H](C)c2ccccc2)cc1. The van der Waals surface area contributed by atoms with Gasteiger partial charge >= 0.3 is 5.97 Å². The Labute approximate surface area is 131 Å². The molecule has 0 saturated heterocycles. The van der Waals surface area contributed by atoms with Crippen LogP contribution in [0.15, 0.2) is 54.6 Å². The molecular formula is C19H22O3. The number of carbonyl (C=O) groups excluding carboxylic acids is 1. The van der Waals surface area contributed by atoms with Crippen LogP contribution in [-0.2, 0) is 4.74 Å². The van der Waals surface area contributed by atoms with Crippen molar-refractivity contribution in [2.45, 2.75) is 32.8 Å². The highest BCUT2D eigenvalue weighted by molar-refractivity contribution is 5.89. The summed E-state index contributed by atoms with van der Waals surface area (Å²) < 4.78 is 11.1. The predicted octanol–water partition coefficient (Wildman–Crippen LogP) is 4.78. The number of rotatable bonds is 7. The molecule has 2 aromatic rings. The second-order valence-corrected chi connectivity index (χ2v) is 5.18. The van der Waals surface area contributed by atoms with Crippen LogP contribution in [0.5, 0.6) is 5.75 Å². The molecule has 0 spiro atoms. The minimum absolute atomic E-state index is 0.0384. The van der Waals surface area contributed by atoms with Crippen molar-refractivity contribution in [3.05, 3.63) is 65.7 Å². The van der Waals surface area contributed by atoms with Crippen molar-refractivity contribution >= 4 is 5.97 Å². The van der Waals surface area contributed by atoms with Crippen LogP contribution in [0.2, 0.25) is 0 Å². The highest BCUT2D eigenvalue weighted by atomic mass is 16.5. The standard InChI is InChI=1S/C19H22O3/c1-3-4-14-21-19(20)17-10-12-18(13-11-17)22-15(2)16-8-6-5-7-9-16/h5-13,15H,3-4,14H2,1-2H3/t15-/m0/s1. The first kappa shape index (κ1) is 16.1. The molecule has 0 fully saturated rings. The molecule has 0 radical (unpaired) electrons. The minimum atomic E-state index is -0.281. The van der Waals surface area contributed by atoms with E-state index in [9.17, 15) is 4.79 Å². The smallest absolute Gasteiger partial charge is 0.338 e. The number of ether oxygens (including phenoxy) is 2. The van der Waals surface area contributed by atoms with Crippen molar-refractivity contribution in [3.8, 4) is 5.75 Å². The van der Waals surface area contributed by atoms with Crippen LogP contribution < -0.4 is 4.74 Å². The van der Waals surface area contributed by atoms with Crippen LogP contribution in [0.4, 0.5) is 0 Å². The Morgan fingerprint density at radius 3 is 2.36 bits per heavy atom. The highest BCUT2D eigenvalue weighted by Gasteiger charge is 2.09. The monoisotopic (exact) mass is 298 g/mol. The summed E-state index contributed by atoms with van der Waals surface area (Å²) in [4.78, 5) is 11.8. The summed E-state index contributed by atoms with van der Waals surface area (Å²) in [6.07, 6.45) is 1.86. The van der Waals surface area contributed by atoms with Gasteiger partial charge in [-0.3, -0.25) is 0 Å². The van der Waals surface area contributed by atoms with Gasteiger partial charge in [0.15, 0.2) is 0 Å². The van der Waals surface area contributed by atoms with Crippen LogP contribution in [-0.4, -0.2) is 12.6 Å². The average molecular weight is 298 g/mol. The lowest BCUT2D eigenvalue weighted by Crippen LogP contribution is -2.07. The van der Waals surface area contributed by atoms with Gasteiger partial charge in [0.25, 0.3) is 0 Å². The Hall–Kier alpha value is -2.29. The number of unbranched alkanes of at least 4 members (excludes halogenated alkanes) is 1. The molecule has 0 saturated carbocycles. The molecule has 22 heavy (non-hydrogen) atoms. The fourth-order valence-corrected chi connectivity index (χ4v) is 2.06. The van der Waals surface area contributed by atoms with Gasteiger partial charge in [0.1, 0.15) is 11.9 Å². The zero-order valence-corrected chi connectivity index (χ0v) is 13.1.